The number of hydrogen-bond donors (Lipinski definition) is 5. The maximum atomic E-state index is 11.8. The van der Waals surface area contributed by atoms with Gasteiger partial charge in [0.05, 0.1) is 24.7 Å². The number of thioether (sulfide) groups is 1. The monoisotopic (exact) mass is 396 g/mol. The maximum Gasteiger partial charge on any atom is 0.322 e. The van der Waals surface area contributed by atoms with E-state index in [0.717, 1.165) is 0 Å². The lowest BCUT2D eigenvalue weighted by Crippen LogP contribution is -2.43. The summed E-state index contributed by atoms with van der Waals surface area (Å²) in [6, 6.07) is 8.64. The lowest BCUT2D eigenvalue weighted by Gasteiger charge is -2.07. The molecule has 27 heavy (non-hydrogen) atoms. The summed E-state index contributed by atoms with van der Waals surface area (Å²) in [5, 5.41) is 17.7. The summed E-state index contributed by atoms with van der Waals surface area (Å²) in [4.78, 5) is 56.3. The lowest BCUT2D eigenvalue weighted by atomic mass is 10.2. The molecule has 0 fully saturated rings. The molecule has 0 aliphatic heterocycles. The van der Waals surface area contributed by atoms with Crippen LogP contribution in [0.1, 0.15) is 10.4 Å². The van der Waals surface area contributed by atoms with Crippen molar-refractivity contribution in [2.75, 3.05) is 31.3 Å². The predicted octanol–water partition coefficient (Wildman–Crippen LogP) is -1.46. The van der Waals surface area contributed by atoms with E-state index in [9.17, 15) is 24.0 Å². The third-order valence-corrected chi connectivity index (χ3v) is 3.75. The number of carbonyl (C=O) groups is 5. The molecule has 1 aromatic carbocycles. The van der Waals surface area contributed by atoms with Crippen molar-refractivity contribution in [3.8, 4) is 0 Å². The molecule has 0 saturated heterocycles. The van der Waals surface area contributed by atoms with Crippen LogP contribution < -0.4 is 21.3 Å². The minimum absolute atomic E-state index is 0.0431. The zero-order valence-electron chi connectivity index (χ0n) is 14.3. The van der Waals surface area contributed by atoms with Crippen LogP contribution in [-0.4, -0.2) is 66.0 Å². The Balaban J connectivity index is 2.09. The predicted molar refractivity (Wildman–Crippen MR) is 97.9 cm³/mol. The average molecular weight is 396 g/mol. The van der Waals surface area contributed by atoms with Gasteiger partial charge in [-0.15, -0.1) is 11.8 Å². The fourth-order valence-corrected chi connectivity index (χ4v) is 2.28. The van der Waals surface area contributed by atoms with Crippen LogP contribution in [0.25, 0.3) is 0 Å². The lowest BCUT2D eigenvalue weighted by molar-refractivity contribution is -0.137. The molecule has 0 aliphatic rings. The molecule has 10 nitrogen and oxygen atoms in total. The van der Waals surface area contributed by atoms with E-state index in [1.165, 1.54) is 11.8 Å². The highest BCUT2D eigenvalue weighted by Gasteiger charge is 2.09. The Morgan fingerprint density at radius 3 is 1.93 bits per heavy atom. The molecule has 0 saturated carbocycles. The van der Waals surface area contributed by atoms with Crippen LogP contribution >= 0.6 is 11.8 Å². The van der Waals surface area contributed by atoms with Crippen molar-refractivity contribution in [2.45, 2.75) is 0 Å². The number of carboxylic acid groups (broad SMARTS) is 1. The van der Waals surface area contributed by atoms with Crippen molar-refractivity contribution in [1.29, 1.82) is 0 Å². The van der Waals surface area contributed by atoms with Crippen molar-refractivity contribution in [3.05, 3.63) is 35.9 Å². The fraction of sp³-hybridized carbons (Fsp3) is 0.312. The summed E-state index contributed by atoms with van der Waals surface area (Å²) in [6.45, 7) is -1.24. The van der Waals surface area contributed by atoms with Crippen LogP contribution in [0.15, 0.2) is 30.3 Å². The molecule has 1 rings (SSSR count). The van der Waals surface area contributed by atoms with Crippen LogP contribution in [0.4, 0.5) is 0 Å². The number of aliphatic carboxylic acids is 1. The number of rotatable bonds is 11. The van der Waals surface area contributed by atoms with E-state index in [1.54, 1.807) is 30.3 Å². The second-order valence-electron chi connectivity index (χ2n) is 5.09. The van der Waals surface area contributed by atoms with Gasteiger partial charge in [-0.3, -0.25) is 24.0 Å². The molecule has 0 atom stereocenters. The van der Waals surface area contributed by atoms with Gasteiger partial charge in [0.2, 0.25) is 17.7 Å². The van der Waals surface area contributed by atoms with Gasteiger partial charge in [0.15, 0.2) is 0 Å². The largest absolute Gasteiger partial charge is 0.480 e. The molecular weight excluding hydrogens is 376 g/mol. The average Bonchev–Trinajstić information content (AvgIpc) is 2.66. The molecule has 0 unspecified atom stereocenters. The topological polar surface area (TPSA) is 154 Å². The smallest absolute Gasteiger partial charge is 0.322 e. The van der Waals surface area contributed by atoms with Crippen LogP contribution in [0.3, 0.4) is 0 Å². The Hall–Kier alpha value is -3.08. The van der Waals surface area contributed by atoms with E-state index in [0.29, 0.717) is 5.56 Å². The van der Waals surface area contributed by atoms with Crippen molar-refractivity contribution >= 4 is 41.4 Å². The van der Waals surface area contributed by atoms with Crippen molar-refractivity contribution in [2.24, 2.45) is 0 Å². The first-order valence-electron chi connectivity index (χ1n) is 7.81. The van der Waals surface area contributed by atoms with Crippen LogP contribution in [0.2, 0.25) is 0 Å². The number of carboxylic acids is 1. The van der Waals surface area contributed by atoms with Gasteiger partial charge in [-0.1, -0.05) is 18.2 Å². The SMILES string of the molecule is O=C(O)CNC(=O)CNC(=O)CNC(=O)CSCNC(=O)c1ccccc1. The van der Waals surface area contributed by atoms with Crippen molar-refractivity contribution in [3.63, 3.8) is 0 Å². The molecule has 0 heterocycles. The number of benzene rings is 1. The summed E-state index contributed by atoms with van der Waals surface area (Å²) in [5.41, 5.74) is 0.520. The van der Waals surface area contributed by atoms with Gasteiger partial charge in [0, 0.05) is 5.56 Å². The number of nitrogens with one attached hydrogen (secondary N) is 4. The molecule has 0 spiro atoms. The number of amides is 4. The summed E-state index contributed by atoms with van der Waals surface area (Å²) in [5.74, 6) is -2.81. The van der Waals surface area contributed by atoms with Crippen molar-refractivity contribution < 1.29 is 29.1 Å². The van der Waals surface area contributed by atoms with Gasteiger partial charge in [-0.2, -0.15) is 0 Å². The Morgan fingerprint density at radius 1 is 0.778 bits per heavy atom. The van der Waals surface area contributed by atoms with Gasteiger partial charge in [0.1, 0.15) is 6.54 Å². The van der Waals surface area contributed by atoms with Crippen LogP contribution in [0, 0.1) is 0 Å². The first-order valence-corrected chi connectivity index (χ1v) is 8.97. The van der Waals surface area contributed by atoms with E-state index in [1.807, 2.05) is 0 Å². The minimum Gasteiger partial charge on any atom is -0.480 e. The summed E-state index contributed by atoms with van der Waals surface area (Å²) in [6.07, 6.45) is 0. The third-order valence-electron chi connectivity index (χ3n) is 2.93. The van der Waals surface area contributed by atoms with E-state index in [4.69, 9.17) is 5.11 Å². The standard InChI is InChI=1S/C16H20N4O6S/c21-12(17-6-13(22)19-8-15(24)25)7-18-14(23)9-27-10-20-16(26)11-4-2-1-3-5-11/h1-5H,6-10H2,(H,17,21)(H,18,23)(H,19,22)(H,20,26)(H,24,25). The Bertz CT molecular complexity index is 683. The molecular formula is C16H20N4O6S. The highest BCUT2D eigenvalue weighted by atomic mass is 32.2. The maximum absolute atomic E-state index is 11.8. The molecule has 1 aromatic rings. The number of carbonyl (C=O) groups excluding carboxylic acids is 4. The Morgan fingerprint density at radius 2 is 1.33 bits per heavy atom. The molecule has 0 aromatic heterocycles. The minimum atomic E-state index is -1.20. The highest BCUT2D eigenvalue weighted by Crippen LogP contribution is 2.00. The second kappa shape index (κ2) is 12.3. The quantitative estimate of drug-likeness (QED) is 0.226. The van der Waals surface area contributed by atoms with Crippen LogP contribution in [-0.2, 0) is 19.2 Å². The molecule has 4 amide bonds. The molecule has 0 aliphatic carbocycles. The zero-order valence-corrected chi connectivity index (χ0v) is 15.1. The van der Waals surface area contributed by atoms with Gasteiger partial charge in [-0.05, 0) is 12.1 Å². The Labute approximate surface area is 159 Å². The van der Waals surface area contributed by atoms with E-state index >= 15 is 0 Å². The van der Waals surface area contributed by atoms with E-state index in [2.05, 4.69) is 21.3 Å². The summed E-state index contributed by atoms with van der Waals surface area (Å²) < 4.78 is 0. The van der Waals surface area contributed by atoms with Crippen molar-refractivity contribution in [1.82, 2.24) is 21.3 Å². The second-order valence-corrected chi connectivity index (χ2v) is 6.07. The molecule has 5 N–H and O–H groups in total. The fourth-order valence-electron chi connectivity index (χ4n) is 1.66. The third kappa shape index (κ3) is 10.5. The van der Waals surface area contributed by atoms with E-state index < -0.39 is 30.2 Å². The number of hydrogen-bond acceptors (Lipinski definition) is 6. The van der Waals surface area contributed by atoms with Gasteiger partial charge in [0.25, 0.3) is 5.91 Å². The summed E-state index contributed by atoms with van der Waals surface area (Å²) >= 11 is 1.17. The molecule has 0 bridgehead atoms. The van der Waals surface area contributed by atoms with Gasteiger partial charge < -0.3 is 26.4 Å². The first kappa shape index (κ1) is 22.0. The van der Waals surface area contributed by atoms with E-state index in [-0.39, 0.29) is 30.6 Å². The molecule has 11 heteroatoms. The van der Waals surface area contributed by atoms with Gasteiger partial charge >= 0.3 is 5.97 Å². The Kier molecular flexibility index (Phi) is 10.0. The normalized spacial score (nSPS) is 9.78. The summed E-state index contributed by atoms with van der Waals surface area (Å²) in [7, 11) is 0. The molecule has 146 valence electrons. The molecule has 0 radical (unpaired) electrons. The first-order chi connectivity index (χ1) is 12.9. The highest BCUT2D eigenvalue weighted by molar-refractivity contribution is 7.99. The zero-order chi connectivity index (χ0) is 20.1. The van der Waals surface area contributed by atoms with Gasteiger partial charge in [-0.25, -0.2) is 0 Å². The van der Waals surface area contributed by atoms with Crippen LogP contribution in [0.5, 0.6) is 0 Å².